The van der Waals surface area contributed by atoms with E-state index in [4.69, 9.17) is 27.9 Å². The van der Waals surface area contributed by atoms with Crippen molar-refractivity contribution in [3.8, 4) is 5.75 Å². The van der Waals surface area contributed by atoms with Crippen LogP contribution in [0.3, 0.4) is 0 Å². The van der Waals surface area contributed by atoms with E-state index in [0.29, 0.717) is 21.6 Å². The largest absolute Gasteiger partial charge is 0.484 e. The number of nitrogens with zero attached hydrogens (tertiary/aromatic N) is 2. The van der Waals surface area contributed by atoms with E-state index in [1.807, 2.05) is 19.9 Å². The molecular weight excluding hydrogens is 297 g/mol. The summed E-state index contributed by atoms with van der Waals surface area (Å²) in [5.41, 5.74) is 0.886. The Morgan fingerprint density at radius 3 is 2.70 bits per heavy atom. The van der Waals surface area contributed by atoms with E-state index in [1.165, 1.54) is 0 Å². The Hall–Kier alpha value is -1.52. The number of rotatable bonds is 5. The van der Waals surface area contributed by atoms with E-state index in [-0.39, 0.29) is 6.61 Å². The number of aryl methyl sites for hydroxylation is 1. The zero-order valence-electron chi connectivity index (χ0n) is 11.3. The van der Waals surface area contributed by atoms with Gasteiger partial charge in [0.05, 0.1) is 5.02 Å². The fourth-order valence-electron chi connectivity index (χ4n) is 1.70. The third-order valence-electron chi connectivity index (χ3n) is 2.51. The van der Waals surface area contributed by atoms with Crippen molar-refractivity contribution in [2.45, 2.75) is 20.5 Å². The Balaban J connectivity index is 2.10. The van der Waals surface area contributed by atoms with Crippen LogP contribution in [0.2, 0.25) is 10.0 Å². The highest BCUT2D eigenvalue weighted by Gasteiger charge is 2.06. The minimum atomic E-state index is 0.251. The maximum Gasteiger partial charge on any atom is 0.168 e. The maximum absolute atomic E-state index is 6.05. The van der Waals surface area contributed by atoms with Gasteiger partial charge >= 0.3 is 0 Å². The Morgan fingerprint density at radius 1 is 1.20 bits per heavy atom. The SMILES string of the molecule is CCNc1cc(C)nc(COc2ccc(Cl)cc2Cl)n1. The molecule has 106 valence electrons. The van der Waals surface area contributed by atoms with Gasteiger partial charge in [-0.2, -0.15) is 0 Å². The molecule has 1 aromatic carbocycles. The van der Waals surface area contributed by atoms with Crippen LogP contribution in [0.25, 0.3) is 0 Å². The summed E-state index contributed by atoms with van der Waals surface area (Å²) >= 11 is 11.9. The molecule has 20 heavy (non-hydrogen) atoms. The first-order valence-corrected chi connectivity index (χ1v) is 7.00. The van der Waals surface area contributed by atoms with Crippen molar-refractivity contribution >= 4 is 29.0 Å². The van der Waals surface area contributed by atoms with Crippen LogP contribution in [-0.4, -0.2) is 16.5 Å². The molecule has 0 bridgehead atoms. The molecule has 0 aliphatic heterocycles. The van der Waals surface area contributed by atoms with Crippen molar-refractivity contribution < 1.29 is 4.74 Å². The number of benzene rings is 1. The lowest BCUT2D eigenvalue weighted by molar-refractivity contribution is 0.296. The number of aromatic nitrogens is 2. The van der Waals surface area contributed by atoms with Crippen LogP contribution in [0.5, 0.6) is 5.75 Å². The predicted molar refractivity (Wildman–Crippen MR) is 81.7 cm³/mol. The maximum atomic E-state index is 6.05. The summed E-state index contributed by atoms with van der Waals surface area (Å²) in [6, 6.07) is 6.98. The summed E-state index contributed by atoms with van der Waals surface area (Å²) in [7, 11) is 0. The van der Waals surface area contributed by atoms with Crippen molar-refractivity contribution in [3.63, 3.8) is 0 Å². The third kappa shape index (κ3) is 3.99. The van der Waals surface area contributed by atoms with Gasteiger partial charge in [0.1, 0.15) is 18.2 Å². The normalized spacial score (nSPS) is 10.4. The first kappa shape index (κ1) is 14.9. The first-order chi connectivity index (χ1) is 9.58. The molecule has 1 aromatic heterocycles. The fourth-order valence-corrected chi connectivity index (χ4v) is 2.16. The molecular formula is C14H15Cl2N3O. The van der Waals surface area contributed by atoms with E-state index in [2.05, 4.69) is 15.3 Å². The van der Waals surface area contributed by atoms with Crippen LogP contribution in [0.1, 0.15) is 18.4 Å². The molecule has 0 fully saturated rings. The smallest absolute Gasteiger partial charge is 0.168 e. The van der Waals surface area contributed by atoms with Crippen molar-refractivity contribution in [2.75, 3.05) is 11.9 Å². The van der Waals surface area contributed by atoms with Gasteiger partial charge < -0.3 is 10.1 Å². The molecule has 0 amide bonds. The van der Waals surface area contributed by atoms with E-state index < -0.39 is 0 Å². The molecule has 6 heteroatoms. The average molecular weight is 312 g/mol. The van der Waals surface area contributed by atoms with Crippen LogP contribution in [0.4, 0.5) is 5.82 Å². The number of anilines is 1. The van der Waals surface area contributed by atoms with Gasteiger partial charge in [0.2, 0.25) is 0 Å². The number of halogens is 2. The van der Waals surface area contributed by atoms with Crippen LogP contribution in [-0.2, 0) is 6.61 Å². The van der Waals surface area contributed by atoms with Gasteiger partial charge in [-0.1, -0.05) is 23.2 Å². The minimum Gasteiger partial charge on any atom is -0.484 e. The van der Waals surface area contributed by atoms with Crippen molar-refractivity contribution in [1.29, 1.82) is 0 Å². The summed E-state index contributed by atoms with van der Waals surface area (Å²) in [5, 5.41) is 4.20. The molecule has 2 aromatic rings. The highest BCUT2D eigenvalue weighted by Crippen LogP contribution is 2.27. The summed E-state index contributed by atoms with van der Waals surface area (Å²) in [5.74, 6) is 1.96. The number of ether oxygens (including phenoxy) is 1. The van der Waals surface area contributed by atoms with E-state index in [0.717, 1.165) is 18.1 Å². The number of hydrogen-bond donors (Lipinski definition) is 1. The van der Waals surface area contributed by atoms with Crippen LogP contribution >= 0.6 is 23.2 Å². The van der Waals surface area contributed by atoms with Gasteiger partial charge in [-0.25, -0.2) is 9.97 Å². The summed E-state index contributed by atoms with van der Waals surface area (Å²) in [6.07, 6.45) is 0. The molecule has 0 saturated carbocycles. The molecule has 0 saturated heterocycles. The lowest BCUT2D eigenvalue weighted by Gasteiger charge is -2.09. The second kappa shape index (κ2) is 6.77. The number of hydrogen-bond acceptors (Lipinski definition) is 4. The van der Waals surface area contributed by atoms with Crippen molar-refractivity contribution in [3.05, 3.63) is 45.8 Å². The quantitative estimate of drug-likeness (QED) is 0.903. The van der Waals surface area contributed by atoms with Crippen LogP contribution in [0.15, 0.2) is 24.3 Å². The Kier molecular flexibility index (Phi) is 5.04. The number of nitrogens with one attached hydrogen (secondary N) is 1. The first-order valence-electron chi connectivity index (χ1n) is 6.24. The van der Waals surface area contributed by atoms with Gasteiger partial charge in [-0.15, -0.1) is 0 Å². The average Bonchev–Trinajstić information content (AvgIpc) is 2.37. The second-order valence-electron chi connectivity index (χ2n) is 4.20. The van der Waals surface area contributed by atoms with Gasteiger partial charge in [0.15, 0.2) is 5.82 Å². The molecule has 0 atom stereocenters. The zero-order chi connectivity index (χ0) is 14.5. The summed E-state index contributed by atoms with van der Waals surface area (Å²) < 4.78 is 5.62. The minimum absolute atomic E-state index is 0.251. The van der Waals surface area contributed by atoms with Crippen molar-refractivity contribution in [2.24, 2.45) is 0 Å². The summed E-state index contributed by atoms with van der Waals surface area (Å²) in [4.78, 5) is 8.70. The van der Waals surface area contributed by atoms with E-state index in [9.17, 15) is 0 Å². The Bertz CT molecular complexity index is 605. The van der Waals surface area contributed by atoms with Crippen molar-refractivity contribution in [1.82, 2.24) is 9.97 Å². The molecule has 0 aliphatic carbocycles. The molecule has 1 N–H and O–H groups in total. The van der Waals surface area contributed by atoms with Gasteiger partial charge in [-0.05, 0) is 32.0 Å². The van der Waals surface area contributed by atoms with Crippen LogP contribution < -0.4 is 10.1 Å². The molecule has 0 unspecified atom stereocenters. The summed E-state index contributed by atoms with van der Waals surface area (Å²) in [6.45, 7) is 4.99. The third-order valence-corrected chi connectivity index (χ3v) is 3.04. The molecule has 0 radical (unpaired) electrons. The molecule has 0 aliphatic rings. The Labute approximate surface area is 128 Å². The molecule has 2 rings (SSSR count). The second-order valence-corrected chi connectivity index (χ2v) is 5.05. The van der Waals surface area contributed by atoms with Gasteiger partial charge in [0, 0.05) is 23.3 Å². The zero-order valence-corrected chi connectivity index (χ0v) is 12.8. The monoisotopic (exact) mass is 311 g/mol. The predicted octanol–water partition coefficient (Wildman–Crippen LogP) is 4.10. The standard InChI is InChI=1S/C14H15Cl2N3O/c1-3-17-13-6-9(2)18-14(19-13)8-20-12-5-4-10(15)7-11(12)16/h4-7H,3,8H2,1-2H3,(H,17,18,19). The molecule has 1 heterocycles. The van der Waals surface area contributed by atoms with E-state index >= 15 is 0 Å². The lowest BCUT2D eigenvalue weighted by Crippen LogP contribution is -2.07. The Morgan fingerprint density at radius 2 is 2.00 bits per heavy atom. The topological polar surface area (TPSA) is 47.0 Å². The highest BCUT2D eigenvalue weighted by molar-refractivity contribution is 6.35. The van der Waals surface area contributed by atoms with Gasteiger partial charge in [-0.3, -0.25) is 0 Å². The highest BCUT2D eigenvalue weighted by atomic mass is 35.5. The van der Waals surface area contributed by atoms with E-state index in [1.54, 1.807) is 18.2 Å². The fraction of sp³-hybridized carbons (Fsp3) is 0.286. The lowest BCUT2D eigenvalue weighted by atomic mass is 10.3. The van der Waals surface area contributed by atoms with Gasteiger partial charge in [0.25, 0.3) is 0 Å². The van der Waals surface area contributed by atoms with Crippen LogP contribution in [0, 0.1) is 6.92 Å². The molecule has 0 spiro atoms. The molecule has 4 nitrogen and oxygen atoms in total.